The summed E-state index contributed by atoms with van der Waals surface area (Å²) in [7, 11) is 3.97. The zero-order chi connectivity index (χ0) is 23.5. The van der Waals surface area contributed by atoms with E-state index in [0.29, 0.717) is 22.1 Å². The van der Waals surface area contributed by atoms with Crippen LogP contribution in [-0.2, 0) is 4.79 Å². The lowest BCUT2D eigenvalue weighted by Gasteiger charge is -2.31. The summed E-state index contributed by atoms with van der Waals surface area (Å²) in [5.74, 6) is 0.771. The number of rotatable bonds is 7. The molecule has 0 aliphatic carbocycles. The summed E-state index contributed by atoms with van der Waals surface area (Å²) in [6.45, 7) is 3.72. The SMILES string of the molecule is CCCCCSc1n[n+]2c(c(=O)[nH]1)-c1ccccc1N(C(C)=O)[C@H]2c1ccc(N(C)C)cc1. The van der Waals surface area contributed by atoms with E-state index in [4.69, 9.17) is 5.10 Å². The topological polar surface area (TPSA) is 73.2 Å². The predicted molar refractivity (Wildman–Crippen MR) is 133 cm³/mol. The number of amides is 1. The molecule has 0 radical (unpaired) electrons. The Morgan fingerprint density at radius 1 is 1.15 bits per heavy atom. The molecule has 1 aromatic heterocycles. The lowest BCUT2D eigenvalue weighted by atomic mass is 10.0. The van der Waals surface area contributed by atoms with Crippen LogP contribution >= 0.6 is 11.8 Å². The zero-order valence-electron chi connectivity index (χ0n) is 19.5. The van der Waals surface area contributed by atoms with Gasteiger partial charge in [-0.3, -0.25) is 14.6 Å². The van der Waals surface area contributed by atoms with Crippen LogP contribution in [0, 0.1) is 0 Å². The third-order valence-electron chi connectivity index (χ3n) is 5.79. The molecule has 1 N–H and O–H groups in total. The van der Waals surface area contributed by atoms with Crippen LogP contribution in [-0.4, -0.2) is 35.8 Å². The Labute approximate surface area is 198 Å². The Balaban J connectivity index is 1.89. The summed E-state index contributed by atoms with van der Waals surface area (Å²) < 4.78 is 1.72. The number of hydrogen-bond donors (Lipinski definition) is 1. The predicted octanol–water partition coefficient (Wildman–Crippen LogP) is 3.99. The van der Waals surface area contributed by atoms with E-state index in [1.807, 2.05) is 67.5 Å². The molecule has 3 aromatic rings. The van der Waals surface area contributed by atoms with Crippen molar-refractivity contribution in [2.45, 2.75) is 44.4 Å². The van der Waals surface area contributed by atoms with Gasteiger partial charge in [-0.2, -0.15) is 0 Å². The second-order valence-corrected chi connectivity index (χ2v) is 9.46. The van der Waals surface area contributed by atoms with E-state index in [2.05, 4.69) is 11.9 Å². The van der Waals surface area contributed by atoms with E-state index < -0.39 is 6.17 Å². The van der Waals surface area contributed by atoms with Crippen LogP contribution < -0.4 is 20.0 Å². The minimum absolute atomic E-state index is 0.110. The van der Waals surface area contributed by atoms with E-state index in [0.717, 1.165) is 36.3 Å². The summed E-state index contributed by atoms with van der Waals surface area (Å²) in [6, 6.07) is 15.5. The third-order valence-corrected chi connectivity index (χ3v) is 6.74. The highest BCUT2D eigenvalue weighted by Crippen LogP contribution is 2.37. The van der Waals surface area contributed by atoms with Crippen LogP contribution in [0.15, 0.2) is 58.5 Å². The first-order valence-electron chi connectivity index (χ1n) is 11.3. The monoisotopic (exact) mass is 464 g/mol. The first-order valence-corrected chi connectivity index (χ1v) is 12.3. The van der Waals surface area contributed by atoms with Crippen molar-refractivity contribution in [2.24, 2.45) is 0 Å². The minimum Gasteiger partial charge on any atom is -0.378 e. The number of para-hydroxylation sites is 1. The number of nitrogens with zero attached hydrogens (tertiary/aromatic N) is 4. The lowest BCUT2D eigenvalue weighted by Crippen LogP contribution is -2.60. The van der Waals surface area contributed by atoms with Crippen molar-refractivity contribution in [3.63, 3.8) is 0 Å². The Morgan fingerprint density at radius 2 is 1.88 bits per heavy atom. The van der Waals surface area contributed by atoms with E-state index in [9.17, 15) is 9.59 Å². The first-order chi connectivity index (χ1) is 15.9. The van der Waals surface area contributed by atoms with Crippen molar-refractivity contribution < 1.29 is 9.48 Å². The van der Waals surface area contributed by atoms with Crippen molar-refractivity contribution >= 4 is 29.0 Å². The number of unbranched alkanes of at least 4 members (excludes halogenated alkanes) is 2. The van der Waals surface area contributed by atoms with Crippen LogP contribution in [0.4, 0.5) is 11.4 Å². The summed E-state index contributed by atoms with van der Waals surface area (Å²) in [5.41, 5.74) is 3.61. The summed E-state index contributed by atoms with van der Waals surface area (Å²) in [5, 5.41) is 5.41. The van der Waals surface area contributed by atoms with Crippen LogP contribution in [0.3, 0.4) is 0 Å². The first kappa shape index (κ1) is 23.0. The summed E-state index contributed by atoms with van der Waals surface area (Å²) in [4.78, 5) is 32.9. The van der Waals surface area contributed by atoms with Gasteiger partial charge < -0.3 is 4.90 Å². The third kappa shape index (κ3) is 4.53. The molecule has 0 saturated carbocycles. The highest BCUT2D eigenvalue weighted by Gasteiger charge is 2.44. The number of hydrogen-bond acceptors (Lipinski definition) is 5. The molecule has 7 nitrogen and oxygen atoms in total. The maximum atomic E-state index is 13.3. The van der Waals surface area contributed by atoms with Gasteiger partial charge in [-0.05, 0) is 47.5 Å². The number of aromatic nitrogens is 3. The van der Waals surface area contributed by atoms with Gasteiger partial charge in [0.1, 0.15) is 0 Å². The molecular weight excluding hydrogens is 434 g/mol. The van der Waals surface area contributed by atoms with Crippen LogP contribution in [0.2, 0.25) is 0 Å². The molecular formula is C25H30N5O2S+. The Hall–Kier alpha value is -3.13. The van der Waals surface area contributed by atoms with Crippen LogP contribution in [0.25, 0.3) is 11.3 Å². The molecule has 0 spiro atoms. The molecule has 1 amide bonds. The molecule has 8 heteroatoms. The van der Waals surface area contributed by atoms with E-state index in [-0.39, 0.29) is 11.5 Å². The number of H-pyrrole nitrogens is 1. The fourth-order valence-corrected chi connectivity index (χ4v) is 5.00. The standard InChI is InChI=1S/C25H29N5O2S/c1-5-6-9-16-33-25-26-23(32)22-20-10-7-8-11-21(20)29(17(2)31)24(30(22)27-25)18-12-14-19(15-13-18)28(3)4/h7-8,10-15,24H,5-6,9,16H2,1-4H3/p+1/t24-/m1/s1. The fraction of sp³-hybridized carbons (Fsp3) is 0.360. The number of anilines is 2. The minimum atomic E-state index is -0.555. The van der Waals surface area contributed by atoms with Crippen molar-refractivity contribution in [1.29, 1.82) is 0 Å². The largest absolute Gasteiger partial charge is 0.378 e. The second-order valence-electron chi connectivity index (χ2n) is 8.37. The number of carbonyl (C=O) groups is 1. The van der Waals surface area contributed by atoms with Gasteiger partial charge in [0, 0.05) is 43.1 Å². The Bertz CT molecular complexity index is 1210. The number of carbonyl (C=O) groups excluding carboxylic acids is 1. The maximum absolute atomic E-state index is 13.3. The normalized spacial score (nSPS) is 14.5. The Morgan fingerprint density at radius 3 is 2.55 bits per heavy atom. The van der Waals surface area contributed by atoms with Gasteiger partial charge in [0.05, 0.1) is 11.3 Å². The van der Waals surface area contributed by atoms with Gasteiger partial charge in [0.15, 0.2) is 0 Å². The molecule has 0 bridgehead atoms. The van der Waals surface area contributed by atoms with Crippen LogP contribution in [0.5, 0.6) is 0 Å². The Kier molecular flexibility index (Phi) is 6.83. The maximum Gasteiger partial charge on any atom is 0.325 e. The van der Waals surface area contributed by atoms with Crippen molar-refractivity contribution in [3.8, 4) is 11.3 Å². The number of nitrogens with one attached hydrogen (secondary N) is 1. The molecule has 1 aliphatic rings. The van der Waals surface area contributed by atoms with E-state index in [1.165, 1.54) is 0 Å². The molecule has 2 aromatic carbocycles. The summed E-state index contributed by atoms with van der Waals surface area (Å²) >= 11 is 1.54. The molecule has 1 aliphatic heterocycles. The van der Waals surface area contributed by atoms with Gasteiger partial charge in [0.25, 0.3) is 6.17 Å². The number of fused-ring (bicyclic) bond motifs is 3. The van der Waals surface area contributed by atoms with Gasteiger partial charge in [0.2, 0.25) is 11.1 Å². The molecule has 4 rings (SSSR count). The zero-order valence-corrected chi connectivity index (χ0v) is 20.4. The highest BCUT2D eigenvalue weighted by molar-refractivity contribution is 7.99. The fourth-order valence-electron chi connectivity index (χ4n) is 4.14. The smallest absolute Gasteiger partial charge is 0.325 e. The average Bonchev–Trinajstić information content (AvgIpc) is 2.80. The molecule has 172 valence electrons. The van der Waals surface area contributed by atoms with Gasteiger partial charge in [-0.1, -0.05) is 43.7 Å². The van der Waals surface area contributed by atoms with Crippen LogP contribution in [0.1, 0.15) is 44.8 Å². The molecule has 0 unspecified atom stereocenters. The quantitative estimate of drug-likeness (QED) is 0.325. The number of thioether (sulfide) groups is 1. The average molecular weight is 465 g/mol. The van der Waals surface area contributed by atoms with Gasteiger partial charge in [-0.15, -0.1) is 0 Å². The number of benzene rings is 2. The molecule has 2 heterocycles. The van der Waals surface area contributed by atoms with E-state index in [1.54, 1.807) is 28.3 Å². The van der Waals surface area contributed by atoms with Crippen molar-refractivity contribution in [1.82, 2.24) is 10.1 Å². The van der Waals surface area contributed by atoms with Gasteiger partial charge in [-0.25, -0.2) is 4.90 Å². The van der Waals surface area contributed by atoms with Gasteiger partial charge >= 0.3 is 11.3 Å². The second kappa shape index (κ2) is 9.79. The lowest BCUT2D eigenvalue weighted by molar-refractivity contribution is -0.763. The van der Waals surface area contributed by atoms with E-state index >= 15 is 0 Å². The number of aromatic amines is 1. The molecule has 1 atom stereocenters. The van der Waals surface area contributed by atoms with Crippen molar-refractivity contribution in [3.05, 3.63) is 64.4 Å². The van der Waals surface area contributed by atoms with Crippen molar-refractivity contribution in [2.75, 3.05) is 29.6 Å². The highest BCUT2D eigenvalue weighted by atomic mass is 32.2. The molecule has 0 saturated heterocycles. The molecule has 33 heavy (non-hydrogen) atoms. The molecule has 0 fully saturated rings. The summed E-state index contributed by atoms with van der Waals surface area (Å²) in [6.07, 6.45) is 2.78.